The molecule has 2 heterocycles. The van der Waals surface area contributed by atoms with Gasteiger partial charge in [-0.05, 0) is 55.9 Å². The molecule has 5 N–H and O–H groups in total. The van der Waals surface area contributed by atoms with Crippen molar-refractivity contribution in [3.05, 3.63) is 59.9 Å². The van der Waals surface area contributed by atoms with E-state index in [1.165, 1.54) is 24.1 Å². The smallest absolute Gasteiger partial charge is 0.255 e. The number of phenolic OH excluding ortho intramolecular Hbond substituents is 1. The van der Waals surface area contributed by atoms with Crippen molar-refractivity contribution in [1.82, 2.24) is 25.8 Å². The van der Waals surface area contributed by atoms with Crippen molar-refractivity contribution in [3.8, 4) is 5.75 Å². The molecule has 4 amide bonds. The first-order chi connectivity index (χ1) is 19.1. The number of carbonyl (C=O) groups is 4. The summed E-state index contributed by atoms with van der Waals surface area (Å²) in [4.78, 5) is 59.4. The van der Waals surface area contributed by atoms with Crippen molar-refractivity contribution in [3.63, 3.8) is 0 Å². The highest BCUT2D eigenvalue weighted by atomic mass is 16.3. The third-order valence-electron chi connectivity index (χ3n) is 8.19. The van der Waals surface area contributed by atoms with Gasteiger partial charge in [0.05, 0.1) is 29.7 Å². The number of phenols is 1. The summed E-state index contributed by atoms with van der Waals surface area (Å²) in [6.45, 7) is 3.19. The maximum absolute atomic E-state index is 13.8. The van der Waals surface area contributed by atoms with Gasteiger partial charge in [-0.2, -0.15) is 0 Å². The molecule has 11 heteroatoms. The molecule has 40 heavy (non-hydrogen) atoms. The van der Waals surface area contributed by atoms with Crippen molar-refractivity contribution in [2.24, 2.45) is 11.8 Å². The van der Waals surface area contributed by atoms with Crippen LogP contribution in [0.15, 0.2) is 48.8 Å². The van der Waals surface area contributed by atoms with Gasteiger partial charge in [-0.1, -0.05) is 31.5 Å². The number of aromatic hydroxyl groups is 1. The van der Waals surface area contributed by atoms with E-state index < -0.39 is 53.9 Å². The summed E-state index contributed by atoms with van der Waals surface area (Å²) in [6, 6.07) is 5.68. The normalized spacial score (nSPS) is 28.4. The van der Waals surface area contributed by atoms with Crippen LogP contribution < -0.4 is 16.0 Å². The molecule has 1 saturated heterocycles. The molecule has 6 atom stereocenters. The van der Waals surface area contributed by atoms with Crippen LogP contribution in [0, 0.1) is 11.8 Å². The SMILES string of the molecule is C[C@@H]1[C@H](NC(=O)c2ccccc2O)C(=O)N[C@@H](Cc2cccnc2)[C@@H](O)[C@@H](C)C(=O)NC(C2CCC2)C(=O)N1C. The fraction of sp³-hybridized carbons (Fsp3) is 0.483. The Bertz CT molecular complexity index is 1240. The fourth-order valence-electron chi connectivity index (χ4n) is 5.18. The van der Waals surface area contributed by atoms with Crippen molar-refractivity contribution >= 4 is 23.6 Å². The van der Waals surface area contributed by atoms with E-state index in [-0.39, 0.29) is 29.6 Å². The second kappa shape index (κ2) is 12.5. The number of rotatable bonds is 5. The number of nitrogens with zero attached hydrogens (tertiary/aromatic N) is 2. The predicted molar refractivity (Wildman–Crippen MR) is 146 cm³/mol. The lowest BCUT2D eigenvalue weighted by atomic mass is 9.78. The van der Waals surface area contributed by atoms with Crippen LogP contribution in [0.3, 0.4) is 0 Å². The molecule has 2 fully saturated rings. The summed E-state index contributed by atoms with van der Waals surface area (Å²) in [6.07, 6.45) is 4.57. The van der Waals surface area contributed by atoms with Gasteiger partial charge in [0.25, 0.3) is 5.91 Å². The van der Waals surface area contributed by atoms with E-state index in [9.17, 15) is 29.4 Å². The minimum atomic E-state index is -1.30. The number of para-hydroxylation sites is 1. The van der Waals surface area contributed by atoms with Crippen LogP contribution in [0.1, 0.15) is 49.0 Å². The molecule has 2 aliphatic rings. The van der Waals surface area contributed by atoms with Gasteiger partial charge in [0.2, 0.25) is 17.7 Å². The average molecular weight is 552 g/mol. The van der Waals surface area contributed by atoms with Gasteiger partial charge in [0, 0.05) is 19.4 Å². The van der Waals surface area contributed by atoms with E-state index in [4.69, 9.17) is 0 Å². The Morgan fingerprint density at radius 3 is 2.42 bits per heavy atom. The molecule has 11 nitrogen and oxygen atoms in total. The third-order valence-corrected chi connectivity index (χ3v) is 8.19. The number of likely N-dealkylation sites (N-methyl/N-ethyl adjacent to an activating group) is 1. The lowest BCUT2D eigenvalue weighted by Gasteiger charge is -2.40. The number of pyridine rings is 1. The Kier molecular flexibility index (Phi) is 9.03. The Hall–Kier alpha value is -3.99. The summed E-state index contributed by atoms with van der Waals surface area (Å²) >= 11 is 0. The van der Waals surface area contributed by atoms with Gasteiger partial charge in [0.15, 0.2) is 0 Å². The van der Waals surface area contributed by atoms with Crippen LogP contribution >= 0.6 is 0 Å². The Morgan fingerprint density at radius 1 is 1.07 bits per heavy atom. The zero-order chi connectivity index (χ0) is 29.0. The van der Waals surface area contributed by atoms with Crippen LogP contribution in [-0.4, -0.2) is 81.0 Å². The van der Waals surface area contributed by atoms with Gasteiger partial charge in [0.1, 0.15) is 17.8 Å². The van der Waals surface area contributed by atoms with Crippen molar-refractivity contribution in [2.45, 2.75) is 69.8 Å². The highest BCUT2D eigenvalue weighted by Gasteiger charge is 2.43. The molecule has 0 bridgehead atoms. The van der Waals surface area contributed by atoms with E-state index in [0.29, 0.717) is 0 Å². The van der Waals surface area contributed by atoms with Crippen LogP contribution in [0.5, 0.6) is 5.75 Å². The van der Waals surface area contributed by atoms with Crippen molar-refractivity contribution in [1.29, 1.82) is 0 Å². The van der Waals surface area contributed by atoms with E-state index >= 15 is 0 Å². The zero-order valence-electron chi connectivity index (χ0n) is 22.9. The van der Waals surface area contributed by atoms with Gasteiger partial charge < -0.3 is 31.1 Å². The summed E-state index contributed by atoms with van der Waals surface area (Å²) in [5.74, 6) is -3.46. The van der Waals surface area contributed by atoms with E-state index in [1.807, 2.05) is 0 Å². The Morgan fingerprint density at radius 2 is 1.80 bits per heavy atom. The number of hydrogen-bond acceptors (Lipinski definition) is 7. The fourth-order valence-corrected chi connectivity index (χ4v) is 5.18. The lowest BCUT2D eigenvalue weighted by Crippen LogP contribution is -2.65. The molecular formula is C29H37N5O6. The number of aliphatic hydroxyl groups excluding tert-OH is 1. The second-order valence-corrected chi connectivity index (χ2v) is 10.8. The third kappa shape index (κ3) is 6.25. The van der Waals surface area contributed by atoms with Crippen LogP contribution in [-0.2, 0) is 20.8 Å². The summed E-state index contributed by atoms with van der Waals surface area (Å²) in [7, 11) is 1.54. The van der Waals surface area contributed by atoms with Crippen LogP contribution in [0.2, 0.25) is 0 Å². The van der Waals surface area contributed by atoms with Crippen molar-refractivity contribution < 1.29 is 29.4 Å². The monoisotopic (exact) mass is 551 g/mol. The van der Waals surface area contributed by atoms with Gasteiger partial charge >= 0.3 is 0 Å². The Labute approximate surface area is 233 Å². The first-order valence-electron chi connectivity index (χ1n) is 13.6. The molecular weight excluding hydrogens is 514 g/mol. The first kappa shape index (κ1) is 29.0. The molecule has 0 spiro atoms. The predicted octanol–water partition coefficient (Wildman–Crippen LogP) is 0.756. The number of amides is 4. The first-order valence-corrected chi connectivity index (χ1v) is 13.6. The van der Waals surface area contributed by atoms with Crippen LogP contribution in [0.4, 0.5) is 0 Å². The van der Waals surface area contributed by atoms with Gasteiger partial charge in [-0.3, -0.25) is 24.2 Å². The topological polar surface area (TPSA) is 161 Å². The summed E-state index contributed by atoms with van der Waals surface area (Å²) < 4.78 is 0. The van der Waals surface area contributed by atoms with Crippen molar-refractivity contribution in [2.75, 3.05) is 7.05 Å². The molecule has 0 radical (unpaired) electrons. The van der Waals surface area contributed by atoms with E-state index in [2.05, 4.69) is 20.9 Å². The molecule has 1 aliphatic carbocycles. The number of benzene rings is 1. The molecule has 1 aliphatic heterocycles. The standard InChI is InChI=1S/C29H37N5O6/c1-16-25(36)21(14-18-8-7-13-30-15-18)31-28(39)23(32-27(38)20-11-4-5-12-22(20)35)17(2)34(3)29(40)24(33-26(16)37)19-9-6-10-19/h4-5,7-8,11-13,15-17,19,21,23-25,35-36H,6,9-10,14H2,1-3H3,(H,31,39)(H,32,38)(H,33,37)/t16-,17-,21+,23+,24?,25+/m1/s1. The van der Waals surface area contributed by atoms with Crippen LogP contribution in [0.25, 0.3) is 0 Å². The van der Waals surface area contributed by atoms with E-state index in [0.717, 1.165) is 24.8 Å². The molecule has 1 aromatic heterocycles. The average Bonchev–Trinajstić information content (AvgIpc) is 2.92. The number of nitrogens with one attached hydrogen (secondary N) is 3. The maximum atomic E-state index is 13.8. The van der Waals surface area contributed by atoms with Gasteiger partial charge in [-0.25, -0.2) is 0 Å². The number of aliphatic hydroxyl groups is 1. The highest BCUT2D eigenvalue weighted by molar-refractivity contribution is 6.00. The molecule has 1 saturated carbocycles. The Balaban J connectivity index is 1.71. The summed E-state index contributed by atoms with van der Waals surface area (Å²) in [5.41, 5.74) is 0.705. The molecule has 214 valence electrons. The summed E-state index contributed by atoms with van der Waals surface area (Å²) in [5, 5.41) is 29.9. The van der Waals surface area contributed by atoms with Gasteiger partial charge in [-0.15, -0.1) is 0 Å². The zero-order valence-corrected chi connectivity index (χ0v) is 22.9. The number of carbonyl (C=O) groups excluding carboxylic acids is 4. The largest absolute Gasteiger partial charge is 0.507 e. The lowest BCUT2D eigenvalue weighted by molar-refractivity contribution is -0.144. The molecule has 1 aromatic carbocycles. The number of hydrogen-bond donors (Lipinski definition) is 5. The molecule has 1 unspecified atom stereocenters. The molecule has 2 aromatic rings. The molecule has 4 rings (SSSR count). The maximum Gasteiger partial charge on any atom is 0.255 e. The minimum absolute atomic E-state index is 0.0252. The van der Waals surface area contributed by atoms with E-state index in [1.54, 1.807) is 50.5 Å². The number of aromatic nitrogens is 1. The minimum Gasteiger partial charge on any atom is -0.507 e. The highest BCUT2D eigenvalue weighted by Crippen LogP contribution is 2.31. The quantitative estimate of drug-likeness (QED) is 0.367. The second-order valence-electron chi connectivity index (χ2n) is 10.8.